The van der Waals surface area contributed by atoms with Gasteiger partial charge in [-0.15, -0.1) is 0 Å². The molecule has 3 N–H and O–H groups in total. The summed E-state index contributed by atoms with van der Waals surface area (Å²) in [7, 11) is 0. The quantitative estimate of drug-likeness (QED) is 0.384. The van der Waals surface area contributed by atoms with Crippen LogP contribution >= 0.6 is 0 Å². The first kappa shape index (κ1) is 23.3. The van der Waals surface area contributed by atoms with Crippen LogP contribution in [-0.4, -0.2) is 41.2 Å². The lowest BCUT2D eigenvalue weighted by molar-refractivity contribution is -0.117. The highest BCUT2D eigenvalue weighted by Crippen LogP contribution is 2.39. The van der Waals surface area contributed by atoms with E-state index in [0.29, 0.717) is 23.8 Å². The number of hydrogen-bond donors (Lipinski definition) is 3. The van der Waals surface area contributed by atoms with Crippen molar-refractivity contribution in [3.8, 4) is 5.75 Å². The van der Waals surface area contributed by atoms with Gasteiger partial charge in [-0.1, -0.05) is 24.3 Å². The van der Waals surface area contributed by atoms with Gasteiger partial charge >= 0.3 is 0 Å². The lowest BCUT2D eigenvalue weighted by Crippen LogP contribution is -2.36. The van der Waals surface area contributed by atoms with Crippen molar-refractivity contribution in [1.29, 1.82) is 0 Å². The van der Waals surface area contributed by atoms with Crippen LogP contribution in [0.15, 0.2) is 78.8 Å². The SMILES string of the molecule is O=C(NCCO)/C(=C\c1ccc(C2CC2)cc1)NC(=O)c1ccc(OCCn2cccc2)cc1. The molecule has 1 fully saturated rings. The first-order valence-corrected chi connectivity index (χ1v) is 11.5. The second kappa shape index (κ2) is 11.3. The number of aliphatic hydroxyl groups excluding tert-OH is 1. The van der Waals surface area contributed by atoms with E-state index in [0.717, 1.165) is 12.1 Å². The van der Waals surface area contributed by atoms with Crippen molar-refractivity contribution < 1.29 is 19.4 Å². The Kier molecular flexibility index (Phi) is 7.78. The van der Waals surface area contributed by atoms with E-state index in [2.05, 4.69) is 22.8 Å². The van der Waals surface area contributed by atoms with Crippen LogP contribution < -0.4 is 15.4 Å². The molecule has 1 aliphatic carbocycles. The Hall–Kier alpha value is -3.84. The fourth-order valence-electron chi connectivity index (χ4n) is 3.56. The minimum Gasteiger partial charge on any atom is -0.492 e. The predicted octanol–water partition coefficient (Wildman–Crippen LogP) is 3.32. The molecule has 3 aromatic rings. The number of rotatable bonds is 11. The van der Waals surface area contributed by atoms with E-state index in [1.165, 1.54) is 18.4 Å². The molecule has 0 saturated heterocycles. The number of nitrogens with zero attached hydrogens (tertiary/aromatic N) is 1. The maximum atomic E-state index is 12.8. The van der Waals surface area contributed by atoms with Crippen molar-refractivity contribution in [2.24, 2.45) is 0 Å². The lowest BCUT2D eigenvalue weighted by atomic mass is 10.1. The molecule has 1 aliphatic rings. The van der Waals surface area contributed by atoms with Gasteiger partial charge in [-0.2, -0.15) is 0 Å². The van der Waals surface area contributed by atoms with Gasteiger partial charge in [0.25, 0.3) is 11.8 Å². The Labute approximate surface area is 199 Å². The molecule has 1 saturated carbocycles. The zero-order chi connectivity index (χ0) is 23.8. The zero-order valence-electron chi connectivity index (χ0n) is 18.9. The largest absolute Gasteiger partial charge is 0.492 e. The summed E-state index contributed by atoms with van der Waals surface area (Å²) in [6.07, 6.45) is 8.02. The third-order valence-electron chi connectivity index (χ3n) is 5.59. The van der Waals surface area contributed by atoms with Crippen LogP contribution in [0.5, 0.6) is 5.75 Å². The van der Waals surface area contributed by atoms with Crippen LogP contribution in [-0.2, 0) is 11.3 Å². The number of carbonyl (C=O) groups is 2. The van der Waals surface area contributed by atoms with Crippen LogP contribution in [0.2, 0.25) is 0 Å². The number of carbonyl (C=O) groups excluding carboxylic acids is 2. The summed E-state index contributed by atoms with van der Waals surface area (Å²) in [6, 6.07) is 18.7. The van der Waals surface area contributed by atoms with Gasteiger partial charge in [-0.05, 0) is 72.4 Å². The van der Waals surface area contributed by atoms with Gasteiger partial charge in [-0.3, -0.25) is 9.59 Å². The average Bonchev–Trinajstić information content (AvgIpc) is 3.58. The summed E-state index contributed by atoms with van der Waals surface area (Å²) < 4.78 is 7.76. The van der Waals surface area contributed by atoms with Crippen molar-refractivity contribution in [2.45, 2.75) is 25.3 Å². The molecule has 34 heavy (non-hydrogen) atoms. The van der Waals surface area contributed by atoms with Gasteiger partial charge < -0.3 is 25.0 Å². The van der Waals surface area contributed by atoms with Crippen LogP contribution in [0.1, 0.15) is 40.2 Å². The Morgan fingerprint density at radius 1 is 1.03 bits per heavy atom. The monoisotopic (exact) mass is 459 g/mol. The molecule has 1 heterocycles. The first-order valence-electron chi connectivity index (χ1n) is 11.5. The van der Waals surface area contributed by atoms with Crippen LogP contribution in [0.4, 0.5) is 0 Å². The molecule has 0 bridgehead atoms. The smallest absolute Gasteiger partial charge is 0.267 e. The van der Waals surface area contributed by atoms with Gasteiger partial charge in [0.1, 0.15) is 18.1 Å². The molecule has 0 unspecified atom stereocenters. The Morgan fingerprint density at radius 2 is 1.74 bits per heavy atom. The number of ether oxygens (including phenoxy) is 1. The highest BCUT2D eigenvalue weighted by Gasteiger charge is 2.23. The van der Waals surface area contributed by atoms with Crippen LogP contribution in [0.3, 0.4) is 0 Å². The normalized spacial score (nSPS) is 13.4. The number of amides is 2. The fraction of sp³-hybridized carbons (Fsp3) is 0.259. The number of aliphatic hydroxyl groups is 1. The Morgan fingerprint density at radius 3 is 2.38 bits per heavy atom. The number of aromatic nitrogens is 1. The second-order valence-corrected chi connectivity index (χ2v) is 8.23. The summed E-state index contributed by atoms with van der Waals surface area (Å²) >= 11 is 0. The summed E-state index contributed by atoms with van der Waals surface area (Å²) in [6.45, 7) is 1.15. The minimum absolute atomic E-state index is 0.0989. The van der Waals surface area contributed by atoms with E-state index in [1.54, 1.807) is 30.3 Å². The molecule has 2 amide bonds. The van der Waals surface area contributed by atoms with Gasteiger partial charge in [0.2, 0.25) is 0 Å². The van der Waals surface area contributed by atoms with E-state index in [-0.39, 0.29) is 18.8 Å². The van der Waals surface area contributed by atoms with Crippen molar-refractivity contribution in [3.05, 3.63) is 95.4 Å². The molecule has 176 valence electrons. The maximum absolute atomic E-state index is 12.8. The van der Waals surface area contributed by atoms with Gasteiger partial charge in [0, 0.05) is 24.5 Å². The fourth-order valence-corrected chi connectivity index (χ4v) is 3.56. The molecule has 0 aliphatic heterocycles. The summed E-state index contributed by atoms with van der Waals surface area (Å²) in [5.41, 5.74) is 2.63. The summed E-state index contributed by atoms with van der Waals surface area (Å²) in [5.74, 6) is 0.444. The van der Waals surface area contributed by atoms with E-state index in [9.17, 15) is 9.59 Å². The molecule has 4 rings (SSSR count). The van der Waals surface area contributed by atoms with E-state index in [1.807, 2.05) is 41.2 Å². The molecule has 0 spiro atoms. The average molecular weight is 460 g/mol. The van der Waals surface area contributed by atoms with Crippen molar-refractivity contribution >= 4 is 17.9 Å². The molecule has 7 heteroatoms. The summed E-state index contributed by atoms with van der Waals surface area (Å²) in [5, 5.41) is 14.3. The first-order chi connectivity index (χ1) is 16.6. The molecule has 0 radical (unpaired) electrons. The second-order valence-electron chi connectivity index (χ2n) is 8.23. The van der Waals surface area contributed by atoms with Gasteiger partial charge in [0.05, 0.1) is 13.2 Å². The standard InChI is InChI=1S/C27H29N3O4/c31-17-13-28-27(33)25(19-20-3-5-21(6-4-20)22-7-8-22)29-26(32)23-9-11-24(12-10-23)34-18-16-30-14-1-2-15-30/h1-6,9-12,14-15,19,22,31H,7-8,13,16-18H2,(H,28,33)(H,29,32)/b25-19+. The molecule has 2 aromatic carbocycles. The minimum atomic E-state index is -0.460. The van der Waals surface area contributed by atoms with Crippen molar-refractivity contribution in [1.82, 2.24) is 15.2 Å². The van der Waals surface area contributed by atoms with E-state index in [4.69, 9.17) is 9.84 Å². The van der Waals surface area contributed by atoms with Crippen LogP contribution in [0, 0.1) is 0 Å². The molecule has 7 nitrogen and oxygen atoms in total. The number of nitrogens with one attached hydrogen (secondary N) is 2. The third-order valence-corrected chi connectivity index (χ3v) is 5.59. The molecule has 1 aromatic heterocycles. The molecular formula is C27H29N3O4. The Balaban J connectivity index is 1.40. The maximum Gasteiger partial charge on any atom is 0.267 e. The number of benzene rings is 2. The van der Waals surface area contributed by atoms with E-state index < -0.39 is 11.8 Å². The molecule has 0 atom stereocenters. The predicted molar refractivity (Wildman–Crippen MR) is 130 cm³/mol. The van der Waals surface area contributed by atoms with Gasteiger partial charge in [0.15, 0.2) is 0 Å². The topological polar surface area (TPSA) is 92.6 Å². The van der Waals surface area contributed by atoms with E-state index >= 15 is 0 Å². The van der Waals surface area contributed by atoms with Gasteiger partial charge in [-0.25, -0.2) is 0 Å². The third kappa shape index (κ3) is 6.59. The highest BCUT2D eigenvalue weighted by atomic mass is 16.5. The highest BCUT2D eigenvalue weighted by molar-refractivity contribution is 6.05. The summed E-state index contributed by atoms with van der Waals surface area (Å²) in [4.78, 5) is 25.4. The van der Waals surface area contributed by atoms with Crippen molar-refractivity contribution in [3.63, 3.8) is 0 Å². The Bertz CT molecular complexity index is 1120. The van der Waals surface area contributed by atoms with Crippen LogP contribution in [0.25, 0.3) is 6.08 Å². The lowest BCUT2D eigenvalue weighted by Gasteiger charge is -2.12. The zero-order valence-corrected chi connectivity index (χ0v) is 18.9. The molecular weight excluding hydrogens is 430 g/mol. The number of hydrogen-bond acceptors (Lipinski definition) is 4. The van der Waals surface area contributed by atoms with Crippen molar-refractivity contribution in [2.75, 3.05) is 19.8 Å².